The second-order valence-corrected chi connectivity index (χ2v) is 4.44. The van der Waals surface area contributed by atoms with Crippen LogP contribution in [0.25, 0.3) is 0 Å². The van der Waals surface area contributed by atoms with Crippen molar-refractivity contribution in [1.82, 2.24) is 0 Å². The number of hydrogen-bond donors (Lipinski definition) is 4. The summed E-state index contributed by atoms with van der Waals surface area (Å²) in [5, 5.41) is 32.9. The normalized spacial score (nSPS) is 12.5. The van der Waals surface area contributed by atoms with E-state index in [-0.39, 0.29) is 49.5 Å². The van der Waals surface area contributed by atoms with Gasteiger partial charge in [-0.25, -0.2) is 17.9 Å². The number of hydrogen-bond acceptors (Lipinski definition) is 9. The average Bonchev–Trinajstić information content (AvgIpc) is 2.68. The van der Waals surface area contributed by atoms with Gasteiger partial charge in [0.05, 0.1) is 26.4 Å². The molecule has 0 aromatic carbocycles. The summed E-state index contributed by atoms with van der Waals surface area (Å²) in [7, 11) is 0. The Morgan fingerprint density at radius 1 is 0.743 bits per heavy atom. The molecule has 0 saturated heterocycles. The number of aliphatic hydroxyl groups excluding tert-OH is 4. The summed E-state index contributed by atoms with van der Waals surface area (Å²) in [5.41, 5.74) is 0. The molecule has 35 heavy (non-hydrogen) atoms. The Balaban J connectivity index is -0.0000000684. The first-order chi connectivity index (χ1) is 14.2. The van der Waals surface area contributed by atoms with Crippen LogP contribution in [0.4, 0.5) is 44.0 Å². The highest BCUT2D eigenvalue weighted by atomic mass is 19.4. The standard InChI is InChI=1S/C5H11FO3.C4H2F8O3.C3H7FO3.4CH4/c6-1-2-9-4-5(8)3-7;5-1-13-4(10,11)14-2(6,7)3(8,9)15-12;4-2-7-3(6)1-5;;;;/h5,7-8H,1-4H2;1H2;3,5-6H,1-2H2;4*1H4. The lowest BCUT2D eigenvalue weighted by Gasteiger charge is -2.25. The number of aliphatic hydroxyl groups is 4. The van der Waals surface area contributed by atoms with Crippen LogP contribution in [0.1, 0.15) is 29.7 Å². The Labute approximate surface area is 197 Å². The molecule has 9 nitrogen and oxygen atoms in total. The van der Waals surface area contributed by atoms with Crippen LogP contribution < -0.4 is 0 Å². The minimum Gasteiger partial charge on any atom is -0.394 e. The number of alkyl halides is 9. The van der Waals surface area contributed by atoms with Gasteiger partial charge in [0, 0.05) is 0 Å². The minimum atomic E-state index is -6.04. The van der Waals surface area contributed by atoms with Crippen molar-refractivity contribution in [3.05, 3.63) is 0 Å². The van der Waals surface area contributed by atoms with E-state index in [0.717, 1.165) is 0 Å². The lowest BCUT2D eigenvalue weighted by molar-refractivity contribution is -0.548. The number of rotatable bonds is 14. The van der Waals surface area contributed by atoms with Crippen LogP contribution in [0.3, 0.4) is 0 Å². The summed E-state index contributed by atoms with van der Waals surface area (Å²) >= 11 is 0. The zero-order valence-electron chi connectivity index (χ0n) is 15.2. The maximum absolute atomic E-state index is 12.0. The van der Waals surface area contributed by atoms with Crippen molar-refractivity contribution in [1.29, 1.82) is 0 Å². The lowest BCUT2D eigenvalue weighted by Crippen LogP contribution is -2.48. The molecule has 0 heterocycles. The Kier molecular flexibility index (Phi) is 39.9. The molecule has 0 rings (SSSR count). The summed E-state index contributed by atoms with van der Waals surface area (Å²) in [6.07, 6.45) is -19.6. The van der Waals surface area contributed by atoms with Crippen LogP contribution in [0, 0.1) is 0 Å². The van der Waals surface area contributed by atoms with Gasteiger partial charge >= 0.3 is 18.5 Å². The van der Waals surface area contributed by atoms with Crippen molar-refractivity contribution in [2.45, 2.75) is 60.6 Å². The third-order valence-electron chi connectivity index (χ3n) is 2.06. The van der Waals surface area contributed by atoms with Gasteiger partial charge in [-0.15, -0.1) is 13.7 Å². The van der Waals surface area contributed by atoms with Gasteiger partial charge in [-0.3, -0.25) is 4.74 Å². The fraction of sp³-hybridized carbons (Fsp3) is 1.00. The Morgan fingerprint density at radius 2 is 1.23 bits per heavy atom. The first kappa shape index (κ1) is 50.7. The van der Waals surface area contributed by atoms with Crippen molar-refractivity contribution >= 4 is 0 Å². The Bertz CT molecular complexity index is 414. The highest BCUT2D eigenvalue weighted by Crippen LogP contribution is 2.40. The molecule has 19 heteroatoms. The quantitative estimate of drug-likeness (QED) is 0.142. The molecule has 2 unspecified atom stereocenters. The van der Waals surface area contributed by atoms with E-state index >= 15 is 0 Å². The first-order valence-electron chi connectivity index (χ1n) is 7.42. The lowest BCUT2D eigenvalue weighted by atomic mass is 10.4. The second-order valence-electron chi connectivity index (χ2n) is 4.44. The zero-order chi connectivity index (χ0) is 25.1. The Morgan fingerprint density at radius 3 is 1.51 bits per heavy atom. The monoisotopic (exact) mass is 562 g/mol. The molecule has 0 aromatic heterocycles. The smallest absolute Gasteiger partial charge is 0.394 e. The van der Waals surface area contributed by atoms with Crippen LogP contribution in [0.2, 0.25) is 0 Å². The maximum atomic E-state index is 12.0. The molecule has 0 aliphatic heterocycles. The van der Waals surface area contributed by atoms with Crippen molar-refractivity contribution < 1.29 is 88.4 Å². The molecule has 2 atom stereocenters. The largest absolute Gasteiger partial charge is 0.492 e. The molecule has 0 aliphatic rings. The van der Waals surface area contributed by atoms with Gasteiger partial charge in [-0.2, -0.15) is 17.6 Å². The van der Waals surface area contributed by atoms with Crippen LogP contribution >= 0.6 is 0 Å². The molecule has 0 saturated carbocycles. The van der Waals surface area contributed by atoms with Crippen molar-refractivity contribution in [2.75, 3.05) is 46.8 Å². The second kappa shape index (κ2) is 27.5. The van der Waals surface area contributed by atoms with Gasteiger partial charge in [0.1, 0.15) is 12.8 Å². The SMILES string of the molecule is C.C.C.C.FCOC(F)(F)OC(F)(F)C(F)(F)OF.OCC(O)COCCF.OCC(O)OCF. The molecule has 0 bridgehead atoms. The third kappa shape index (κ3) is 29.1. The van der Waals surface area contributed by atoms with Gasteiger partial charge in [0.2, 0.25) is 0 Å². The number of halogens is 10. The number of ether oxygens (including phenoxy) is 4. The molecule has 0 radical (unpaired) electrons. The van der Waals surface area contributed by atoms with E-state index in [9.17, 15) is 44.0 Å². The predicted octanol–water partition coefficient (Wildman–Crippen LogP) is 3.69. The molecule has 0 spiro atoms. The first-order valence-corrected chi connectivity index (χ1v) is 7.42. The third-order valence-corrected chi connectivity index (χ3v) is 2.06. The molecular formula is C16H36F10O9. The van der Waals surface area contributed by atoms with E-state index in [4.69, 9.17) is 20.4 Å². The van der Waals surface area contributed by atoms with E-state index in [2.05, 4.69) is 18.9 Å². The van der Waals surface area contributed by atoms with Gasteiger partial charge in [0.15, 0.2) is 20.0 Å². The Hall–Kier alpha value is -1.06. The van der Waals surface area contributed by atoms with E-state index in [1.807, 2.05) is 0 Å². The molecular weight excluding hydrogens is 526 g/mol. The summed E-state index contributed by atoms with van der Waals surface area (Å²) in [4.78, 5) is 1.44. The van der Waals surface area contributed by atoms with Crippen LogP contribution in [-0.4, -0.2) is 98.2 Å². The van der Waals surface area contributed by atoms with Crippen LogP contribution in [0.5, 0.6) is 0 Å². The maximum Gasteiger partial charge on any atom is 0.492 e. The average molecular weight is 562 g/mol. The van der Waals surface area contributed by atoms with Crippen LogP contribution in [0.15, 0.2) is 0 Å². The van der Waals surface area contributed by atoms with Crippen LogP contribution in [-0.2, 0) is 23.9 Å². The summed E-state index contributed by atoms with van der Waals surface area (Å²) in [5.74, 6) is 0. The summed E-state index contributed by atoms with van der Waals surface area (Å²) < 4.78 is 129. The summed E-state index contributed by atoms with van der Waals surface area (Å²) in [6.45, 7) is -4.83. The highest BCUT2D eigenvalue weighted by Gasteiger charge is 2.66. The molecule has 0 aromatic rings. The summed E-state index contributed by atoms with van der Waals surface area (Å²) in [6, 6.07) is 0. The van der Waals surface area contributed by atoms with E-state index in [1.165, 1.54) is 4.94 Å². The minimum absolute atomic E-state index is 0. The predicted molar refractivity (Wildman–Crippen MR) is 102 cm³/mol. The zero-order valence-corrected chi connectivity index (χ0v) is 15.2. The fourth-order valence-corrected chi connectivity index (χ4v) is 0.799. The molecule has 4 N–H and O–H groups in total. The fourth-order valence-electron chi connectivity index (χ4n) is 0.799. The van der Waals surface area contributed by atoms with E-state index in [0.29, 0.717) is 0 Å². The molecule has 0 fully saturated rings. The topological polar surface area (TPSA) is 127 Å². The molecule has 0 aliphatic carbocycles. The molecule has 224 valence electrons. The van der Waals surface area contributed by atoms with E-state index in [1.54, 1.807) is 0 Å². The highest BCUT2D eigenvalue weighted by molar-refractivity contribution is 4.65. The van der Waals surface area contributed by atoms with Crippen molar-refractivity contribution in [2.24, 2.45) is 0 Å². The van der Waals surface area contributed by atoms with Gasteiger partial charge in [-0.05, 0) is 4.53 Å². The molecule has 0 amide bonds. The van der Waals surface area contributed by atoms with Crippen molar-refractivity contribution in [3.8, 4) is 0 Å². The van der Waals surface area contributed by atoms with Gasteiger partial charge in [-0.1, -0.05) is 29.7 Å². The van der Waals surface area contributed by atoms with Gasteiger partial charge < -0.3 is 29.9 Å². The van der Waals surface area contributed by atoms with Crippen molar-refractivity contribution in [3.63, 3.8) is 0 Å². The van der Waals surface area contributed by atoms with Gasteiger partial charge in [0.25, 0.3) is 0 Å². The van der Waals surface area contributed by atoms with E-state index < -0.39 is 57.9 Å².